The number of halogens is 1. The lowest BCUT2D eigenvalue weighted by Crippen LogP contribution is -2.25. The summed E-state index contributed by atoms with van der Waals surface area (Å²) in [5.41, 5.74) is 0.441. The summed E-state index contributed by atoms with van der Waals surface area (Å²) in [5.74, 6) is 1.57. The van der Waals surface area contributed by atoms with Gasteiger partial charge in [0, 0.05) is 24.5 Å². The summed E-state index contributed by atoms with van der Waals surface area (Å²) in [4.78, 5) is 11.7. The van der Waals surface area contributed by atoms with Crippen molar-refractivity contribution in [3.05, 3.63) is 28.2 Å². The maximum atomic E-state index is 11.7. The van der Waals surface area contributed by atoms with E-state index in [1.54, 1.807) is 23.9 Å². The van der Waals surface area contributed by atoms with Gasteiger partial charge in [0.25, 0.3) is 5.91 Å². The molecule has 0 aliphatic carbocycles. The Morgan fingerprint density at radius 2 is 2.17 bits per heavy atom. The number of phenolic OH excluding ortho intramolecular Hbond substituents is 1. The van der Waals surface area contributed by atoms with Crippen LogP contribution < -0.4 is 5.32 Å². The lowest BCUT2D eigenvalue weighted by molar-refractivity contribution is 0.0955. The maximum absolute atomic E-state index is 11.7. The van der Waals surface area contributed by atoms with Crippen molar-refractivity contribution in [3.8, 4) is 5.75 Å². The number of amides is 1. The summed E-state index contributed by atoms with van der Waals surface area (Å²) in [5, 5.41) is 20.8. The first-order chi connectivity index (χ1) is 8.65. The number of nitrogens with one attached hydrogen (secondary N) is 1. The number of carbonyl (C=O) groups is 1. The predicted molar refractivity (Wildman–Crippen MR) is 77.2 cm³/mol. The van der Waals surface area contributed by atoms with E-state index in [0.717, 1.165) is 17.9 Å². The Morgan fingerprint density at radius 1 is 1.39 bits per heavy atom. The van der Waals surface area contributed by atoms with Gasteiger partial charge in [-0.15, -0.1) is 0 Å². The minimum absolute atomic E-state index is 0.0555. The number of aromatic hydroxyl groups is 1. The lowest BCUT2D eigenvalue weighted by atomic mass is 10.2. The Labute approximate surface area is 119 Å². The second kappa shape index (κ2) is 8.39. The highest BCUT2D eigenvalue weighted by Crippen LogP contribution is 2.24. The standard InChI is InChI=1S/C12H16BrNO3S/c13-10-3-2-9(8-11(10)16)12(17)14-4-7-18-6-1-5-15/h2-3,8,15-16H,1,4-7H2,(H,14,17). The smallest absolute Gasteiger partial charge is 0.251 e. The molecule has 0 aliphatic heterocycles. The molecule has 1 aromatic carbocycles. The van der Waals surface area contributed by atoms with Crippen LogP contribution >= 0.6 is 27.7 Å². The van der Waals surface area contributed by atoms with Crippen LogP contribution in [0.4, 0.5) is 0 Å². The molecule has 0 heterocycles. The number of rotatable bonds is 7. The number of aliphatic hydroxyl groups excluding tert-OH is 1. The number of thioether (sulfide) groups is 1. The molecule has 0 bridgehead atoms. The summed E-state index contributed by atoms with van der Waals surface area (Å²) < 4.78 is 0.568. The highest BCUT2D eigenvalue weighted by Gasteiger charge is 2.07. The van der Waals surface area contributed by atoms with Crippen molar-refractivity contribution >= 4 is 33.6 Å². The van der Waals surface area contributed by atoms with E-state index in [-0.39, 0.29) is 18.3 Å². The summed E-state index contributed by atoms with van der Waals surface area (Å²) >= 11 is 4.85. The van der Waals surface area contributed by atoms with Gasteiger partial charge < -0.3 is 15.5 Å². The molecule has 0 saturated heterocycles. The van der Waals surface area contributed by atoms with Crippen molar-refractivity contribution in [1.82, 2.24) is 5.32 Å². The zero-order valence-electron chi connectivity index (χ0n) is 9.86. The summed E-state index contributed by atoms with van der Waals surface area (Å²) in [6.45, 7) is 0.781. The van der Waals surface area contributed by atoms with Gasteiger partial charge in [0.1, 0.15) is 5.75 Å². The number of carbonyl (C=O) groups excluding carboxylic acids is 1. The molecule has 1 aromatic rings. The van der Waals surface area contributed by atoms with Crippen LogP contribution in [0.15, 0.2) is 22.7 Å². The number of aliphatic hydroxyl groups is 1. The summed E-state index contributed by atoms with van der Waals surface area (Å²) in [6.07, 6.45) is 0.777. The van der Waals surface area contributed by atoms with Gasteiger partial charge >= 0.3 is 0 Å². The van der Waals surface area contributed by atoms with Crippen molar-refractivity contribution in [2.45, 2.75) is 6.42 Å². The van der Waals surface area contributed by atoms with Crippen LogP contribution in [0.25, 0.3) is 0 Å². The Balaban J connectivity index is 2.30. The largest absolute Gasteiger partial charge is 0.507 e. The van der Waals surface area contributed by atoms with E-state index < -0.39 is 0 Å². The molecule has 1 amide bonds. The number of phenols is 1. The molecule has 6 heteroatoms. The molecule has 3 N–H and O–H groups in total. The van der Waals surface area contributed by atoms with E-state index in [4.69, 9.17) is 5.11 Å². The van der Waals surface area contributed by atoms with Crippen LogP contribution in [-0.2, 0) is 0 Å². The molecule has 0 unspecified atom stereocenters. The quantitative estimate of drug-likeness (QED) is 0.667. The monoisotopic (exact) mass is 333 g/mol. The zero-order chi connectivity index (χ0) is 13.4. The van der Waals surface area contributed by atoms with Gasteiger partial charge in [-0.2, -0.15) is 11.8 Å². The molecule has 0 fully saturated rings. The first-order valence-corrected chi connectivity index (χ1v) is 7.55. The Hall–Kier alpha value is -0.720. The molecule has 18 heavy (non-hydrogen) atoms. The van der Waals surface area contributed by atoms with Crippen molar-refractivity contribution in [3.63, 3.8) is 0 Å². The van der Waals surface area contributed by atoms with Gasteiger partial charge in [-0.1, -0.05) is 0 Å². The van der Waals surface area contributed by atoms with E-state index in [2.05, 4.69) is 21.2 Å². The first kappa shape index (κ1) is 15.3. The summed E-state index contributed by atoms with van der Waals surface area (Å²) in [7, 11) is 0. The van der Waals surface area contributed by atoms with E-state index in [1.807, 2.05) is 0 Å². The van der Waals surface area contributed by atoms with E-state index in [1.165, 1.54) is 6.07 Å². The third kappa shape index (κ3) is 5.29. The fraction of sp³-hybridized carbons (Fsp3) is 0.417. The average Bonchev–Trinajstić information content (AvgIpc) is 2.36. The molecule has 100 valence electrons. The second-order valence-corrected chi connectivity index (χ2v) is 5.69. The van der Waals surface area contributed by atoms with Gasteiger partial charge in [-0.05, 0) is 46.3 Å². The molecule has 0 spiro atoms. The average molecular weight is 334 g/mol. The van der Waals surface area contributed by atoms with E-state index >= 15 is 0 Å². The Morgan fingerprint density at radius 3 is 2.83 bits per heavy atom. The Bertz CT molecular complexity index is 401. The topological polar surface area (TPSA) is 69.6 Å². The first-order valence-electron chi connectivity index (χ1n) is 5.60. The van der Waals surface area contributed by atoms with Gasteiger partial charge in [-0.25, -0.2) is 0 Å². The van der Waals surface area contributed by atoms with Crippen LogP contribution in [0, 0.1) is 0 Å². The summed E-state index contributed by atoms with van der Waals surface area (Å²) in [6, 6.07) is 4.72. The fourth-order valence-electron chi connectivity index (χ4n) is 1.26. The van der Waals surface area contributed by atoms with Crippen LogP contribution in [0.2, 0.25) is 0 Å². The zero-order valence-corrected chi connectivity index (χ0v) is 12.3. The fourth-order valence-corrected chi connectivity index (χ4v) is 2.29. The number of benzene rings is 1. The highest BCUT2D eigenvalue weighted by molar-refractivity contribution is 9.10. The number of hydrogen-bond donors (Lipinski definition) is 3. The predicted octanol–water partition coefficient (Wildman–Crippen LogP) is 2.00. The molecule has 0 aromatic heterocycles. The third-order valence-electron chi connectivity index (χ3n) is 2.19. The van der Waals surface area contributed by atoms with Crippen molar-refractivity contribution < 1.29 is 15.0 Å². The van der Waals surface area contributed by atoms with Gasteiger partial charge in [0.05, 0.1) is 4.47 Å². The van der Waals surface area contributed by atoms with Crippen molar-refractivity contribution in [2.24, 2.45) is 0 Å². The van der Waals surface area contributed by atoms with Gasteiger partial charge in [-0.3, -0.25) is 4.79 Å². The number of hydrogen-bond acceptors (Lipinski definition) is 4. The van der Waals surface area contributed by atoms with Gasteiger partial charge in [0.15, 0.2) is 0 Å². The molecule has 0 aliphatic rings. The molecule has 0 saturated carbocycles. The van der Waals surface area contributed by atoms with Crippen LogP contribution in [0.3, 0.4) is 0 Å². The molecule has 4 nitrogen and oxygen atoms in total. The second-order valence-electron chi connectivity index (χ2n) is 3.61. The maximum Gasteiger partial charge on any atom is 0.251 e. The Kier molecular flexibility index (Phi) is 7.15. The molecule has 1 rings (SSSR count). The molecular weight excluding hydrogens is 318 g/mol. The van der Waals surface area contributed by atoms with E-state index in [9.17, 15) is 9.90 Å². The minimum Gasteiger partial charge on any atom is -0.507 e. The SMILES string of the molecule is O=C(NCCSCCCO)c1ccc(Br)c(O)c1. The van der Waals surface area contributed by atoms with Crippen molar-refractivity contribution in [2.75, 3.05) is 24.7 Å². The van der Waals surface area contributed by atoms with Gasteiger partial charge in [0.2, 0.25) is 0 Å². The van der Waals surface area contributed by atoms with E-state index in [0.29, 0.717) is 16.6 Å². The normalized spacial score (nSPS) is 10.3. The van der Waals surface area contributed by atoms with Crippen LogP contribution in [-0.4, -0.2) is 40.8 Å². The van der Waals surface area contributed by atoms with Crippen molar-refractivity contribution in [1.29, 1.82) is 0 Å². The lowest BCUT2D eigenvalue weighted by Gasteiger charge is -2.06. The van der Waals surface area contributed by atoms with Crippen LogP contribution in [0.5, 0.6) is 5.75 Å². The molecular formula is C12H16BrNO3S. The highest BCUT2D eigenvalue weighted by atomic mass is 79.9. The minimum atomic E-state index is -0.194. The van der Waals surface area contributed by atoms with Crippen LogP contribution in [0.1, 0.15) is 16.8 Å². The molecule has 0 radical (unpaired) electrons. The third-order valence-corrected chi connectivity index (χ3v) is 3.93. The molecule has 0 atom stereocenters.